The highest BCUT2D eigenvalue weighted by atomic mass is 79.9. The highest BCUT2D eigenvalue weighted by Gasteiger charge is 2.36. The van der Waals surface area contributed by atoms with E-state index in [1.165, 1.54) is 0 Å². The van der Waals surface area contributed by atoms with E-state index in [0.717, 1.165) is 30.8 Å². The van der Waals surface area contributed by atoms with Gasteiger partial charge in [-0.1, -0.05) is 0 Å². The predicted octanol–water partition coefficient (Wildman–Crippen LogP) is 0.901. The van der Waals surface area contributed by atoms with Crippen LogP contribution < -0.4 is 0 Å². The highest BCUT2D eigenvalue weighted by Crippen LogP contribution is 2.26. The van der Waals surface area contributed by atoms with Gasteiger partial charge in [-0.15, -0.1) is 0 Å². The topological polar surface area (TPSA) is 30.3 Å². The number of rotatable bonds is 2. The molecule has 14 heavy (non-hydrogen) atoms. The van der Waals surface area contributed by atoms with Crippen LogP contribution in [0.25, 0.3) is 0 Å². The van der Waals surface area contributed by atoms with Crippen molar-refractivity contribution in [3.8, 4) is 0 Å². The van der Waals surface area contributed by atoms with Crippen LogP contribution in [0, 0.1) is 0 Å². The Labute approximate surface area is 91.0 Å². The van der Waals surface area contributed by atoms with Crippen LogP contribution in [0.1, 0.15) is 6.04 Å². The van der Waals surface area contributed by atoms with E-state index < -0.39 is 0 Å². The van der Waals surface area contributed by atoms with Gasteiger partial charge in [-0.3, -0.25) is 9.58 Å². The summed E-state index contributed by atoms with van der Waals surface area (Å²) in [6.45, 7) is 4.05. The molecule has 4 nitrogen and oxygen atoms in total. The first kappa shape index (κ1) is 8.88. The first-order valence-electron chi connectivity index (χ1n) is 4.84. The fraction of sp³-hybridized carbons (Fsp3) is 0.667. The molecule has 0 unspecified atom stereocenters. The second-order valence-electron chi connectivity index (χ2n) is 3.94. The zero-order valence-corrected chi connectivity index (χ0v) is 9.35. The van der Waals surface area contributed by atoms with Gasteiger partial charge in [0.05, 0.1) is 36.0 Å². The van der Waals surface area contributed by atoms with Crippen LogP contribution in [-0.2, 0) is 4.74 Å². The lowest BCUT2D eigenvalue weighted by atomic mass is 10.0. The smallest absolute Gasteiger partial charge is 0.0773 e. The minimum Gasteiger partial charge on any atom is -0.378 e. The van der Waals surface area contributed by atoms with Crippen LogP contribution in [0.3, 0.4) is 0 Å². The van der Waals surface area contributed by atoms with E-state index in [2.05, 4.69) is 25.9 Å². The van der Waals surface area contributed by atoms with E-state index >= 15 is 0 Å². The summed E-state index contributed by atoms with van der Waals surface area (Å²) in [5.74, 6) is 0. The van der Waals surface area contributed by atoms with E-state index in [9.17, 15) is 0 Å². The van der Waals surface area contributed by atoms with Gasteiger partial charge in [-0.25, -0.2) is 0 Å². The zero-order chi connectivity index (χ0) is 9.54. The Balaban J connectivity index is 1.58. The number of aromatic nitrogens is 2. The third-order valence-corrected chi connectivity index (χ3v) is 3.38. The molecule has 3 heterocycles. The summed E-state index contributed by atoms with van der Waals surface area (Å²) in [5, 5.41) is 4.29. The number of ether oxygens (including phenoxy) is 1. The molecule has 2 aliphatic rings. The lowest BCUT2D eigenvalue weighted by Crippen LogP contribution is -2.59. The van der Waals surface area contributed by atoms with Crippen LogP contribution in [0.4, 0.5) is 0 Å². The maximum atomic E-state index is 5.17. The molecule has 0 atom stereocenters. The summed E-state index contributed by atoms with van der Waals surface area (Å²) in [5.41, 5.74) is 0. The molecule has 2 fully saturated rings. The van der Waals surface area contributed by atoms with Crippen molar-refractivity contribution >= 4 is 15.9 Å². The number of nitrogens with zero attached hydrogens (tertiary/aromatic N) is 3. The Bertz CT molecular complexity index is 331. The molecule has 0 amide bonds. The van der Waals surface area contributed by atoms with Crippen molar-refractivity contribution in [2.75, 3.05) is 26.3 Å². The molecular formula is C9H12BrN3O. The molecule has 0 radical (unpaired) electrons. The zero-order valence-electron chi connectivity index (χ0n) is 7.77. The molecular weight excluding hydrogens is 246 g/mol. The fourth-order valence-corrected chi connectivity index (χ4v) is 2.20. The maximum Gasteiger partial charge on any atom is 0.0773 e. The quantitative estimate of drug-likeness (QED) is 0.789. The van der Waals surface area contributed by atoms with Gasteiger partial charge in [0.15, 0.2) is 0 Å². The predicted molar refractivity (Wildman–Crippen MR) is 55.1 cm³/mol. The Morgan fingerprint density at radius 2 is 2.14 bits per heavy atom. The van der Waals surface area contributed by atoms with Crippen molar-refractivity contribution in [1.29, 1.82) is 0 Å². The Morgan fingerprint density at radius 3 is 2.64 bits per heavy atom. The average molecular weight is 258 g/mol. The molecule has 0 aromatic carbocycles. The number of hydrogen-bond acceptors (Lipinski definition) is 3. The summed E-state index contributed by atoms with van der Waals surface area (Å²) < 4.78 is 8.27. The molecule has 0 N–H and O–H groups in total. The highest BCUT2D eigenvalue weighted by molar-refractivity contribution is 9.10. The van der Waals surface area contributed by atoms with Crippen LogP contribution in [0.2, 0.25) is 0 Å². The molecule has 5 heteroatoms. The van der Waals surface area contributed by atoms with Gasteiger partial charge >= 0.3 is 0 Å². The van der Waals surface area contributed by atoms with Crippen molar-refractivity contribution in [3.63, 3.8) is 0 Å². The first-order valence-corrected chi connectivity index (χ1v) is 5.63. The van der Waals surface area contributed by atoms with E-state index in [1.807, 2.05) is 17.1 Å². The Morgan fingerprint density at radius 1 is 1.36 bits per heavy atom. The van der Waals surface area contributed by atoms with Crippen LogP contribution in [0.5, 0.6) is 0 Å². The van der Waals surface area contributed by atoms with Crippen molar-refractivity contribution < 1.29 is 4.74 Å². The minimum absolute atomic E-state index is 0.557. The standard InChI is InChI=1S/C9H12BrN3O/c10-7-1-11-13(2-7)8-3-12(4-8)9-5-14-6-9/h1-2,8-9H,3-6H2. The third-order valence-electron chi connectivity index (χ3n) is 2.97. The monoisotopic (exact) mass is 257 g/mol. The van der Waals surface area contributed by atoms with Crippen LogP contribution >= 0.6 is 15.9 Å². The van der Waals surface area contributed by atoms with Crippen molar-refractivity contribution in [2.24, 2.45) is 0 Å². The van der Waals surface area contributed by atoms with Crippen LogP contribution in [-0.4, -0.2) is 47.0 Å². The second-order valence-corrected chi connectivity index (χ2v) is 4.85. The molecule has 2 saturated heterocycles. The lowest BCUT2D eigenvalue weighted by molar-refractivity contribution is -0.0997. The molecule has 1 aromatic heterocycles. The fourth-order valence-electron chi connectivity index (χ4n) is 1.90. The van der Waals surface area contributed by atoms with Gasteiger partial charge in [0.2, 0.25) is 0 Å². The maximum absolute atomic E-state index is 5.17. The van der Waals surface area contributed by atoms with Gasteiger partial charge in [-0.05, 0) is 15.9 Å². The molecule has 76 valence electrons. The minimum atomic E-state index is 0.557. The van der Waals surface area contributed by atoms with Crippen molar-refractivity contribution in [2.45, 2.75) is 12.1 Å². The van der Waals surface area contributed by atoms with Crippen molar-refractivity contribution in [3.05, 3.63) is 16.9 Å². The molecule has 0 saturated carbocycles. The second kappa shape index (κ2) is 3.32. The summed E-state index contributed by atoms with van der Waals surface area (Å²) in [7, 11) is 0. The largest absolute Gasteiger partial charge is 0.378 e. The van der Waals surface area contributed by atoms with Gasteiger partial charge < -0.3 is 4.74 Å². The van der Waals surface area contributed by atoms with Gasteiger partial charge in [0.25, 0.3) is 0 Å². The van der Waals surface area contributed by atoms with E-state index in [1.54, 1.807) is 0 Å². The molecule has 0 spiro atoms. The van der Waals surface area contributed by atoms with E-state index in [0.29, 0.717) is 12.1 Å². The molecule has 1 aromatic rings. The molecule has 2 aliphatic heterocycles. The SMILES string of the molecule is Brc1cnn(C2CN(C3COC3)C2)c1. The third kappa shape index (κ3) is 1.39. The molecule has 3 rings (SSSR count). The molecule has 0 aliphatic carbocycles. The Kier molecular flexibility index (Phi) is 2.11. The average Bonchev–Trinajstić information content (AvgIpc) is 2.38. The Hall–Kier alpha value is -0.390. The first-order chi connectivity index (χ1) is 6.83. The molecule has 0 bridgehead atoms. The van der Waals surface area contributed by atoms with Crippen LogP contribution in [0.15, 0.2) is 16.9 Å². The normalized spacial score (nSPS) is 24.6. The summed E-state index contributed by atoms with van der Waals surface area (Å²) in [4.78, 5) is 2.46. The lowest BCUT2D eigenvalue weighted by Gasteiger charge is -2.47. The van der Waals surface area contributed by atoms with Crippen molar-refractivity contribution in [1.82, 2.24) is 14.7 Å². The number of likely N-dealkylation sites (tertiary alicyclic amines) is 1. The summed E-state index contributed by atoms with van der Waals surface area (Å²) in [6, 6.07) is 1.23. The van der Waals surface area contributed by atoms with E-state index in [4.69, 9.17) is 4.74 Å². The van der Waals surface area contributed by atoms with Gasteiger partial charge in [0.1, 0.15) is 0 Å². The summed E-state index contributed by atoms with van der Waals surface area (Å²) in [6.07, 6.45) is 3.88. The summed E-state index contributed by atoms with van der Waals surface area (Å²) >= 11 is 3.41. The van der Waals surface area contributed by atoms with Gasteiger partial charge in [-0.2, -0.15) is 5.10 Å². The van der Waals surface area contributed by atoms with Gasteiger partial charge in [0, 0.05) is 19.3 Å². The number of hydrogen-bond donors (Lipinski definition) is 0. The van der Waals surface area contributed by atoms with E-state index in [-0.39, 0.29) is 0 Å². The number of halogens is 1.